The van der Waals surface area contributed by atoms with Gasteiger partial charge in [-0.2, -0.15) is 0 Å². The van der Waals surface area contributed by atoms with Crippen LogP contribution in [0.1, 0.15) is 11.3 Å². The number of furan rings is 1. The maximum absolute atomic E-state index is 12.8. The summed E-state index contributed by atoms with van der Waals surface area (Å²) in [6.45, 7) is -0.0675. The summed E-state index contributed by atoms with van der Waals surface area (Å²) in [5.74, 6) is 0.313. The molecule has 0 atom stereocenters. The van der Waals surface area contributed by atoms with E-state index in [1.54, 1.807) is 36.4 Å². The van der Waals surface area contributed by atoms with Gasteiger partial charge in [0.1, 0.15) is 17.3 Å². The lowest BCUT2D eigenvalue weighted by molar-refractivity contribution is -0.384. The third-order valence-corrected chi connectivity index (χ3v) is 6.43. The SMILES string of the molecule is COc1ccc(-c2ccc(/C=C3/SC(=O)N(Cc4c(Cl)cccc4Cl)C3=O)o2)c([N+](=O)[O-])c1. The first kappa shape index (κ1) is 22.9. The standard InChI is InChI=1S/C22H14Cl2N2O6S/c1-31-12-5-7-14(18(9-12)26(29)30)19-8-6-13(32-19)10-20-21(27)25(22(28)33-20)11-15-16(23)3-2-4-17(15)24/h2-10H,11H2,1H3/b20-10+. The molecular weight excluding hydrogens is 491 g/mol. The van der Waals surface area contributed by atoms with E-state index in [1.807, 2.05) is 0 Å². The van der Waals surface area contributed by atoms with Crippen molar-refractivity contribution < 1.29 is 23.7 Å². The first-order chi connectivity index (χ1) is 15.8. The summed E-state index contributed by atoms with van der Waals surface area (Å²) in [4.78, 5) is 37.4. The monoisotopic (exact) mass is 504 g/mol. The molecule has 4 rings (SSSR count). The molecule has 0 unspecified atom stereocenters. The van der Waals surface area contributed by atoms with Crippen molar-refractivity contribution in [2.24, 2.45) is 0 Å². The number of imide groups is 1. The Morgan fingerprint density at radius 3 is 2.55 bits per heavy atom. The van der Waals surface area contributed by atoms with Crippen LogP contribution in [0.4, 0.5) is 10.5 Å². The quantitative estimate of drug-likeness (QED) is 0.217. The van der Waals surface area contributed by atoms with Crippen molar-refractivity contribution in [3.63, 3.8) is 0 Å². The minimum absolute atomic E-state index is 0.0675. The van der Waals surface area contributed by atoms with Gasteiger partial charge in [0.15, 0.2) is 0 Å². The third kappa shape index (κ3) is 4.61. The Hall–Kier alpha value is -3.27. The van der Waals surface area contributed by atoms with Gasteiger partial charge in [-0.05, 0) is 48.2 Å². The van der Waals surface area contributed by atoms with Gasteiger partial charge in [-0.15, -0.1) is 0 Å². The molecule has 0 aliphatic carbocycles. The topological polar surface area (TPSA) is 103 Å². The summed E-state index contributed by atoms with van der Waals surface area (Å²) in [6, 6.07) is 12.4. The molecule has 2 amide bonds. The Morgan fingerprint density at radius 1 is 1.15 bits per heavy atom. The zero-order chi connectivity index (χ0) is 23.7. The van der Waals surface area contributed by atoms with Crippen molar-refractivity contribution in [3.05, 3.63) is 84.9 Å². The van der Waals surface area contributed by atoms with Gasteiger partial charge in [0.2, 0.25) is 0 Å². The van der Waals surface area contributed by atoms with Crippen molar-refractivity contribution in [2.75, 3.05) is 7.11 Å². The fourth-order valence-corrected chi connectivity index (χ4v) is 4.52. The number of nitro benzene ring substituents is 1. The molecule has 11 heteroatoms. The van der Waals surface area contributed by atoms with Crippen LogP contribution in [0, 0.1) is 10.1 Å². The Labute approximate surface area is 201 Å². The van der Waals surface area contributed by atoms with Gasteiger partial charge < -0.3 is 9.15 Å². The average molecular weight is 505 g/mol. The van der Waals surface area contributed by atoms with Gasteiger partial charge in [-0.25, -0.2) is 0 Å². The number of hydrogen-bond acceptors (Lipinski definition) is 7. The van der Waals surface area contributed by atoms with Crippen LogP contribution in [0.15, 0.2) is 57.9 Å². The molecule has 1 aliphatic rings. The highest BCUT2D eigenvalue weighted by Gasteiger charge is 2.36. The molecule has 2 aromatic carbocycles. The normalized spacial score (nSPS) is 14.9. The van der Waals surface area contributed by atoms with Crippen molar-refractivity contribution in [1.29, 1.82) is 0 Å². The molecule has 0 radical (unpaired) electrons. The number of amides is 2. The fraction of sp³-hybridized carbons (Fsp3) is 0.0909. The lowest BCUT2D eigenvalue weighted by Crippen LogP contribution is -2.27. The van der Waals surface area contributed by atoms with Crippen LogP contribution in [0.25, 0.3) is 17.4 Å². The van der Waals surface area contributed by atoms with Crippen LogP contribution in [0.3, 0.4) is 0 Å². The number of methoxy groups -OCH3 is 1. The summed E-state index contributed by atoms with van der Waals surface area (Å²) in [5.41, 5.74) is 0.533. The van der Waals surface area contributed by atoms with Crippen molar-refractivity contribution >= 4 is 57.9 Å². The lowest BCUT2D eigenvalue weighted by Gasteiger charge is -2.14. The molecule has 1 saturated heterocycles. The van der Waals surface area contributed by atoms with E-state index < -0.39 is 16.1 Å². The minimum Gasteiger partial charge on any atom is -0.497 e. The van der Waals surface area contributed by atoms with Gasteiger partial charge in [0, 0.05) is 21.7 Å². The fourth-order valence-electron chi connectivity index (χ4n) is 3.18. The van der Waals surface area contributed by atoms with E-state index in [0.717, 1.165) is 16.7 Å². The molecule has 0 spiro atoms. The highest BCUT2D eigenvalue weighted by molar-refractivity contribution is 8.18. The molecule has 168 valence electrons. The van der Waals surface area contributed by atoms with Gasteiger partial charge in [0.05, 0.1) is 35.1 Å². The summed E-state index contributed by atoms with van der Waals surface area (Å²) in [5, 5.41) is 11.7. The smallest absolute Gasteiger partial charge is 0.293 e. The minimum atomic E-state index is -0.536. The molecule has 1 fully saturated rings. The van der Waals surface area contributed by atoms with Crippen molar-refractivity contribution in [3.8, 4) is 17.1 Å². The molecule has 0 bridgehead atoms. The number of hydrogen-bond donors (Lipinski definition) is 0. The summed E-state index contributed by atoms with van der Waals surface area (Å²) < 4.78 is 10.8. The predicted molar refractivity (Wildman–Crippen MR) is 125 cm³/mol. The van der Waals surface area contributed by atoms with Crippen LogP contribution >= 0.6 is 35.0 Å². The molecule has 8 nitrogen and oxygen atoms in total. The van der Waals surface area contributed by atoms with Crippen LogP contribution < -0.4 is 4.74 Å². The first-order valence-corrected chi connectivity index (χ1v) is 11.0. The lowest BCUT2D eigenvalue weighted by atomic mass is 10.1. The molecule has 0 saturated carbocycles. The van der Waals surface area contributed by atoms with E-state index in [2.05, 4.69) is 0 Å². The third-order valence-electron chi connectivity index (χ3n) is 4.82. The maximum atomic E-state index is 12.8. The number of carbonyl (C=O) groups excluding carboxylic acids is 2. The number of rotatable bonds is 6. The van der Waals surface area contributed by atoms with Crippen molar-refractivity contribution in [1.82, 2.24) is 4.90 Å². The number of halogens is 2. The molecule has 1 aromatic heterocycles. The van der Waals surface area contributed by atoms with Gasteiger partial charge in [-0.1, -0.05) is 29.3 Å². The van der Waals surface area contributed by atoms with Crippen LogP contribution in [-0.2, 0) is 11.3 Å². The summed E-state index contributed by atoms with van der Waals surface area (Å²) >= 11 is 13.1. The second-order valence-corrected chi connectivity index (χ2v) is 8.62. The number of carbonyl (C=O) groups is 2. The number of nitrogens with zero attached hydrogens (tertiary/aromatic N) is 2. The predicted octanol–water partition coefficient (Wildman–Crippen LogP) is 6.41. The zero-order valence-electron chi connectivity index (χ0n) is 16.9. The number of ether oxygens (including phenoxy) is 1. The van der Waals surface area contributed by atoms with Gasteiger partial charge >= 0.3 is 0 Å². The Bertz CT molecular complexity index is 1300. The molecule has 0 N–H and O–H groups in total. The molecule has 3 aromatic rings. The average Bonchev–Trinajstić information content (AvgIpc) is 3.35. The van der Waals surface area contributed by atoms with Gasteiger partial charge in [-0.3, -0.25) is 24.6 Å². The van der Waals surface area contributed by atoms with Gasteiger partial charge in [0.25, 0.3) is 16.8 Å². The number of nitro groups is 1. The van der Waals surface area contributed by atoms with Crippen molar-refractivity contribution in [2.45, 2.75) is 6.54 Å². The maximum Gasteiger partial charge on any atom is 0.293 e. The largest absolute Gasteiger partial charge is 0.497 e. The van der Waals surface area contributed by atoms with Crippen LogP contribution in [0.2, 0.25) is 10.0 Å². The van der Waals surface area contributed by atoms with E-state index in [-0.39, 0.29) is 34.2 Å². The highest BCUT2D eigenvalue weighted by atomic mass is 35.5. The van der Waals surface area contributed by atoms with E-state index in [4.69, 9.17) is 32.4 Å². The molecule has 1 aliphatic heterocycles. The summed E-state index contributed by atoms with van der Waals surface area (Å²) in [7, 11) is 1.41. The summed E-state index contributed by atoms with van der Waals surface area (Å²) in [6.07, 6.45) is 1.41. The first-order valence-electron chi connectivity index (χ1n) is 9.39. The zero-order valence-corrected chi connectivity index (χ0v) is 19.2. The van der Waals surface area contributed by atoms with Crippen LogP contribution in [0.5, 0.6) is 5.75 Å². The molecule has 33 heavy (non-hydrogen) atoms. The highest BCUT2D eigenvalue weighted by Crippen LogP contribution is 2.38. The van der Waals surface area contributed by atoms with Crippen LogP contribution in [-0.4, -0.2) is 28.1 Å². The Balaban J connectivity index is 1.60. The van der Waals surface area contributed by atoms with E-state index in [1.165, 1.54) is 25.3 Å². The second kappa shape index (κ2) is 9.30. The molecular formula is C22H14Cl2N2O6S. The van der Waals surface area contributed by atoms with E-state index >= 15 is 0 Å². The number of thioether (sulfide) groups is 1. The number of benzene rings is 2. The van der Waals surface area contributed by atoms with E-state index in [0.29, 0.717) is 21.4 Å². The molecule has 2 heterocycles. The Kier molecular flexibility index (Phi) is 6.46. The van der Waals surface area contributed by atoms with E-state index in [9.17, 15) is 19.7 Å². The second-order valence-electron chi connectivity index (χ2n) is 6.81. The Morgan fingerprint density at radius 2 is 1.88 bits per heavy atom.